The van der Waals surface area contributed by atoms with Crippen LogP contribution in [0.4, 0.5) is 0 Å². The van der Waals surface area contributed by atoms with Gasteiger partial charge in [0.2, 0.25) is 0 Å². The van der Waals surface area contributed by atoms with Crippen molar-refractivity contribution in [3.63, 3.8) is 0 Å². The number of likely N-dealkylation sites (N-methyl/N-ethyl adjacent to an activating group) is 1. The van der Waals surface area contributed by atoms with Crippen LogP contribution in [-0.4, -0.2) is 57.6 Å². The molecule has 1 aliphatic rings. The molecule has 1 heterocycles. The molecule has 1 atom stereocenters. The van der Waals surface area contributed by atoms with Gasteiger partial charge in [-0.15, -0.1) is 0 Å². The van der Waals surface area contributed by atoms with Gasteiger partial charge in [-0.25, -0.2) is 8.42 Å². The van der Waals surface area contributed by atoms with E-state index in [4.69, 9.17) is 10.5 Å². The number of nitrogens with two attached hydrogens (primary N) is 1. The van der Waals surface area contributed by atoms with Crippen LogP contribution in [-0.2, 0) is 16.3 Å². The molecule has 0 spiro atoms. The van der Waals surface area contributed by atoms with E-state index in [-0.39, 0.29) is 11.8 Å². The van der Waals surface area contributed by atoms with E-state index >= 15 is 0 Å². The predicted octanol–water partition coefficient (Wildman–Crippen LogP) is 0.686. The smallest absolute Gasteiger partial charge is 0.151 e. The Morgan fingerprint density at radius 3 is 2.62 bits per heavy atom. The summed E-state index contributed by atoms with van der Waals surface area (Å²) in [6, 6.07) is 8.08. The fourth-order valence-electron chi connectivity index (χ4n) is 2.53. The summed E-state index contributed by atoms with van der Waals surface area (Å²) in [6.07, 6.45) is 1.60. The number of rotatable bonds is 7. The Morgan fingerprint density at radius 2 is 2.05 bits per heavy atom. The molecule has 0 bridgehead atoms. The third kappa shape index (κ3) is 4.98. The fourth-order valence-corrected chi connectivity index (χ4v) is 4.34. The quantitative estimate of drug-likeness (QED) is 0.802. The van der Waals surface area contributed by atoms with Crippen LogP contribution >= 0.6 is 0 Å². The summed E-state index contributed by atoms with van der Waals surface area (Å²) in [6.45, 7) is 1.93. The maximum Gasteiger partial charge on any atom is 0.151 e. The van der Waals surface area contributed by atoms with Gasteiger partial charge < -0.3 is 10.5 Å². The third-order valence-corrected chi connectivity index (χ3v) is 5.65. The van der Waals surface area contributed by atoms with Gasteiger partial charge in [0.15, 0.2) is 9.84 Å². The maximum atomic E-state index is 11.5. The minimum Gasteiger partial charge on any atom is -0.492 e. The van der Waals surface area contributed by atoms with Crippen LogP contribution in [0.25, 0.3) is 0 Å². The average Bonchev–Trinajstić information content (AvgIpc) is 2.81. The summed E-state index contributed by atoms with van der Waals surface area (Å²) in [5.41, 5.74) is 6.72. The molecule has 2 rings (SSSR count). The average molecular weight is 312 g/mol. The lowest BCUT2D eigenvalue weighted by atomic mass is 10.1. The van der Waals surface area contributed by atoms with Gasteiger partial charge in [-0.2, -0.15) is 0 Å². The fraction of sp³-hybridized carbons (Fsp3) is 0.600. The first kappa shape index (κ1) is 16.3. The summed E-state index contributed by atoms with van der Waals surface area (Å²) in [7, 11) is -0.863. The lowest BCUT2D eigenvalue weighted by Gasteiger charge is -2.22. The van der Waals surface area contributed by atoms with E-state index in [0.29, 0.717) is 18.9 Å². The normalized spacial score (nSPS) is 20.8. The molecule has 118 valence electrons. The van der Waals surface area contributed by atoms with Gasteiger partial charge in [-0.05, 0) is 44.1 Å². The molecule has 1 aromatic rings. The van der Waals surface area contributed by atoms with Crippen molar-refractivity contribution in [2.45, 2.75) is 18.9 Å². The van der Waals surface area contributed by atoms with Crippen LogP contribution in [0.2, 0.25) is 0 Å². The van der Waals surface area contributed by atoms with Crippen LogP contribution in [0.3, 0.4) is 0 Å². The van der Waals surface area contributed by atoms with Crippen molar-refractivity contribution < 1.29 is 13.2 Å². The molecule has 2 N–H and O–H groups in total. The molecule has 6 heteroatoms. The first-order valence-electron chi connectivity index (χ1n) is 7.32. The molecule has 0 amide bonds. The summed E-state index contributed by atoms with van der Waals surface area (Å²) >= 11 is 0. The molecule has 1 saturated heterocycles. The van der Waals surface area contributed by atoms with E-state index < -0.39 is 9.84 Å². The van der Waals surface area contributed by atoms with Crippen LogP contribution in [0.15, 0.2) is 24.3 Å². The highest BCUT2D eigenvalue weighted by atomic mass is 32.2. The van der Waals surface area contributed by atoms with E-state index in [0.717, 1.165) is 25.1 Å². The van der Waals surface area contributed by atoms with Crippen molar-refractivity contribution in [3.8, 4) is 5.75 Å². The summed E-state index contributed by atoms with van der Waals surface area (Å²) < 4.78 is 28.6. The second-order valence-electron chi connectivity index (χ2n) is 5.57. The molecule has 0 radical (unpaired) electrons. The van der Waals surface area contributed by atoms with Gasteiger partial charge >= 0.3 is 0 Å². The summed E-state index contributed by atoms with van der Waals surface area (Å²) in [5.74, 6) is 1.42. The SMILES string of the molecule is CN(CCOc1ccc(CCN)cc1)C1CCS(=O)(=O)C1. The zero-order chi connectivity index (χ0) is 15.3. The molecule has 0 aliphatic carbocycles. The molecule has 21 heavy (non-hydrogen) atoms. The first-order chi connectivity index (χ1) is 10.00. The number of sulfone groups is 1. The number of ether oxygens (including phenoxy) is 1. The van der Waals surface area contributed by atoms with Crippen molar-refractivity contribution in [1.82, 2.24) is 4.90 Å². The summed E-state index contributed by atoms with van der Waals surface area (Å²) in [4.78, 5) is 2.08. The lowest BCUT2D eigenvalue weighted by Crippen LogP contribution is -2.35. The van der Waals surface area contributed by atoms with E-state index in [1.54, 1.807) is 0 Å². The van der Waals surface area contributed by atoms with Gasteiger partial charge in [0, 0.05) is 12.6 Å². The van der Waals surface area contributed by atoms with E-state index in [1.807, 2.05) is 31.3 Å². The standard InChI is InChI=1S/C15H24N2O3S/c1-17(14-7-11-21(18,19)12-14)9-10-20-15-4-2-13(3-5-15)6-8-16/h2-5,14H,6-12,16H2,1H3. The lowest BCUT2D eigenvalue weighted by molar-refractivity contribution is 0.202. The molecular formula is C15H24N2O3S. The van der Waals surface area contributed by atoms with Crippen molar-refractivity contribution in [3.05, 3.63) is 29.8 Å². The zero-order valence-electron chi connectivity index (χ0n) is 12.5. The second-order valence-corrected chi connectivity index (χ2v) is 7.80. The van der Waals surface area contributed by atoms with Crippen LogP contribution < -0.4 is 10.5 Å². The van der Waals surface area contributed by atoms with Gasteiger partial charge in [0.1, 0.15) is 12.4 Å². The Kier molecular flexibility index (Phi) is 5.61. The monoisotopic (exact) mass is 312 g/mol. The Morgan fingerprint density at radius 1 is 1.33 bits per heavy atom. The Balaban J connectivity index is 1.74. The highest BCUT2D eigenvalue weighted by molar-refractivity contribution is 7.91. The van der Waals surface area contributed by atoms with Crippen molar-refractivity contribution in [2.24, 2.45) is 5.73 Å². The van der Waals surface area contributed by atoms with Crippen molar-refractivity contribution in [2.75, 3.05) is 38.2 Å². The minimum absolute atomic E-state index is 0.130. The third-order valence-electron chi connectivity index (χ3n) is 3.90. The number of hydrogen-bond acceptors (Lipinski definition) is 5. The molecule has 1 aromatic carbocycles. The Hall–Kier alpha value is -1.11. The van der Waals surface area contributed by atoms with Crippen molar-refractivity contribution >= 4 is 9.84 Å². The van der Waals surface area contributed by atoms with E-state index in [1.165, 1.54) is 5.56 Å². The van der Waals surface area contributed by atoms with Crippen molar-refractivity contribution in [1.29, 1.82) is 0 Å². The Labute approximate surface area is 127 Å². The van der Waals surface area contributed by atoms with Crippen LogP contribution in [0.5, 0.6) is 5.75 Å². The predicted molar refractivity (Wildman–Crippen MR) is 84.4 cm³/mol. The van der Waals surface area contributed by atoms with E-state index in [2.05, 4.69) is 4.90 Å². The second kappa shape index (κ2) is 7.24. The van der Waals surface area contributed by atoms with Crippen LogP contribution in [0.1, 0.15) is 12.0 Å². The molecule has 1 fully saturated rings. The zero-order valence-corrected chi connectivity index (χ0v) is 13.3. The maximum absolute atomic E-state index is 11.5. The molecular weight excluding hydrogens is 288 g/mol. The van der Waals surface area contributed by atoms with Gasteiger partial charge in [-0.3, -0.25) is 4.90 Å². The van der Waals surface area contributed by atoms with Crippen LogP contribution in [0, 0.1) is 0 Å². The highest BCUT2D eigenvalue weighted by Gasteiger charge is 2.30. The number of benzene rings is 1. The number of hydrogen-bond donors (Lipinski definition) is 1. The topological polar surface area (TPSA) is 72.6 Å². The van der Waals surface area contributed by atoms with Gasteiger partial charge in [0.25, 0.3) is 0 Å². The molecule has 1 aliphatic heterocycles. The van der Waals surface area contributed by atoms with Gasteiger partial charge in [0.05, 0.1) is 11.5 Å². The minimum atomic E-state index is -2.82. The molecule has 1 unspecified atom stereocenters. The summed E-state index contributed by atoms with van der Waals surface area (Å²) in [5, 5.41) is 0. The molecule has 0 saturated carbocycles. The molecule has 0 aromatic heterocycles. The highest BCUT2D eigenvalue weighted by Crippen LogP contribution is 2.17. The Bertz CT molecular complexity index is 543. The number of nitrogens with zero attached hydrogens (tertiary/aromatic N) is 1. The molecule has 5 nitrogen and oxygen atoms in total. The largest absolute Gasteiger partial charge is 0.492 e. The first-order valence-corrected chi connectivity index (χ1v) is 9.15. The van der Waals surface area contributed by atoms with Gasteiger partial charge in [-0.1, -0.05) is 12.1 Å². The van der Waals surface area contributed by atoms with E-state index in [9.17, 15) is 8.42 Å².